The zero-order valence-corrected chi connectivity index (χ0v) is 13.8. The van der Waals surface area contributed by atoms with Gasteiger partial charge in [0.1, 0.15) is 17.6 Å². The standard InChI is InChI=1S/C17H18INO2/c18-16-4-2-1-3-13(16)10-19-11-15-8-6-12-5-7-14(20)9-17(12)21-15/h1-5,7,9,15,19-20H,6,8,10-11H2/t15-/m1/s1. The Hall–Kier alpha value is -1.27. The maximum Gasteiger partial charge on any atom is 0.126 e. The third-order valence-corrected chi connectivity index (χ3v) is 4.78. The molecule has 2 aromatic carbocycles. The summed E-state index contributed by atoms with van der Waals surface area (Å²) < 4.78 is 7.24. The van der Waals surface area contributed by atoms with Gasteiger partial charge in [-0.2, -0.15) is 0 Å². The zero-order valence-electron chi connectivity index (χ0n) is 11.7. The number of aromatic hydroxyl groups is 1. The number of fused-ring (bicyclic) bond motifs is 1. The molecule has 0 spiro atoms. The van der Waals surface area contributed by atoms with Crippen molar-refractivity contribution in [2.45, 2.75) is 25.5 Å². The molecule has 1 aliphatic rings. The Labute approximate surface area is 138 Å². The lowest BCUT2D eigenvalue weighted by atomic mass is 10.0. The van der Waals surface area contributed by atoms with Crippen LogP contribution >= 0.6 is 22.6 Å². The van der Waals surface area contributed by atoms with Gasteiger partial charge in [-0.25, -0.2) is 0 Å². The molecule has 0 aliphatic carbocycles. The molecule has 0 bridgehead atoms. The number of phenolic OH excluding ortho intramolecular Hbond substituents is 1. The first kappa shape index (κ1) is 14.7. The van der Waals surface area contributed by atoms with Gasteiger partial charge in [0.15, 0.2) is 0 Å². The fraction of sp³-hybridized carbons (Fsp3) is 0.294. The van der Waals surface area contributed by atoms with Crippen LogP contribution in [0.2, 0.25) is 0 Å². The highest BCUT2D eigenvalue weighted by atomic mass is 127. The smallest absolute Gasteiger partial charge is 0.126 e. The van der Waals surface area contributed by atoms with E-state index in [0.717, 1.165) is 31.7 Å². The van der Waals surface area contributed by atoms with Crippen LogP contribution in [-0.4, -0.2) is 17.8 Å². The third-order valence-electron chi connectivity index (χ3n) is 3.73. The number of benzene rings is 2. The van der Waals surface area contributed by atoms with E-state index in [1.807, 2.05) is 6.07 Å². The molecule has 2 aromatic rings. The minimum absolute atomic E-state index is 0.167. The predicted molar refractivity (Wildman–Crippen MR) is 91.7 cm³/mol. The monoisotopic (exact) mass is 395 g/mol. The van der Waals surface area contributed by atoms with Crippen molar-refractivity contribution in [3.63, 3.8) is 0 Å². The van der Waals surface area contributed by atoms with E-state index in [9.17, 15) is 5.11 Å². The molecule has 3 nitrogen and oxygen atoms in total. The molecule has 4 heteroatoms. The van der Waals surface area contributed by atoms with Crippen molar-refractivity contribution in [3.05, 3.63) is 57.2 Å². The molecule has 0 amide bonds. The van der Waals surface area contributed by atoms with Crippen LogP contribution in [0.25, 0.3) is 0 Å². The number of phenols is 1. The molecule has 0 saturated heterocycles. The van der Waals surface area contributed by atoms with E-state index >= 15 is 0 Å². The van der Waals surface area contributed by atoms with Crippen molar-refractivity contribution >= 4 is 22.6 Å². The summed E-state index contributed by atoms with van der Waals surface area (Å²) in [5.41, 5.74) is 2.49. The Morgan fingerprint density at radius 2 is 2.10 bits per heavy atom. The van der Waals surface area contributed by atoms with Crippen LogP contribution in [0.1, 0.15) is 17.5 Å². The molecule has 21 heavy (non-hydrogen) atoms. The van der Waals surface area contributed by atoms with Crippen molar-refractivity contribution in [3.8, 4) is 11.5 Å². The van der Waals surface area contributed by atoms with E-state index in [1.54, 1.807) is 12.1 Å². The number of halogens is 1. The first-order chi connectivity index (χ1) is 10.2. The molecule has 1 atom stereocenters. The van der Waals surface area contributed by atoms with Crippen LogP contribution in [-0.2, 0) is 13.0 Å². The van der Waals surface area contributed by atoms with Gasteiger partial charge in [-0.05, 0) is 58.7 Å². The first-order valence-electron chi connectivity index (χ1n) is 7.15. The van der Waals surface area contributed by atoms with Crippen LogP contribution in [0.15, 0.2) is 42.5 Å². The molecule has 1 aliphatic heterocycles. The lowest BCUT2D eigenvalue weighted by Gasteiger charge is -2.26. The molecule has 0 unspecified atom stereocenters. The molecule has 0 fully saturated rings. The van der Waals surface area contributed by atoms with Crippen LogP contribution in [0, 0.1) is 3.57 Å². The number of nitrogens with one attached hydrogen (secondary N) is 1. The highest BCUT2D eigenvalue weighted by molar-refractivity contribution is 14.1. The second-order valence-corrected chi connectivity index (χ2v) is 6.46. The Bertz CT molecular complexity index is 630. The summed E-state index contributed by atoms with van der Waals surface area (Å²) in [6.07, 6.45) is 2.18. The van der Waals surface area contributed by atoms with Crippen molar-refractivity contribution in [2.75, 3.05) is 6.54 Å². The third kappa shape index (κ3) is 3.68. The summed E-state index contributed by atoms with van der Waals surface area (Å²) in [6.45, 7) is 1.67. The molecular weight excluding hydrogens is 377 g/mol. The lowest BCUT2D eigenvalue weighted by Crippen LogP contribution is -2.34. The number of rotatable bonds is 4. The Kier molecular flexibility index (Phi) is 4.65. The van der Waals surface area contributed by atoms with Crippen molar-refractivity contribution < 1.29 is 9.84 Å². The zero-order chi connectivity index (χ0) is 14.7. The average molecular weight is 395 g/mol. The van der Waals surface area contributed by atoms with Gasteiger partial charge >= 0.3 is 0 Å². The van der Waals surface area contributed by atoms with Gasteiger partial charge in [0, 0.05) is 22.7 Å². The second-order valence-electron chi connectivity index (χ2n) is 5.29. The van der Waals surface area contributed by atoms with E-state index in [0.29, 0.717) is 0 Å². The highest BCUT2D eigenvalue weighted by Gasteiger charge is 2.19. The highest BCUT2D eigenvalue weighted by Crippen LogP contribution is 2.30. The van der Waals surface area contributed by atoms with E-state index < -0.39 is 0 Å². The number of hydrogen-bond donors (Lipinski definition) is 2. The van der Waals surface area contributed by atoms with Gasteiger partial charge in [0.25, 0.3) is 0 Å². The van der Waals surface area contributed by atoms with Crippen LogP contribution in [0.5, 0.6) is 11.5 Å². The number of ether oxygens (including phenoxy) is 1. The van der Waals surface area contributed by atoms with Gasteiger partial charge in [0.2, 0.25) is 0 Å². The van der Waals surface area contributed by atoms with Gasteiger partial charge in [0.05, 0.1) is 0 Å². The maximum absolute atomic E-state index is 9.53. The summed E-state index contributed by atoms with van der Waals surface area (Å²) in [5, 5.41) is 13.0. The summed E-state index contributed by atoms with van der Waals surface area (Å²) in [4.78, 5) is 0. The number of aryl methyl sites for hydroxylation is 1. The van der Waals surface area contributed by atoms with Gasteiger partial charge < -0.3 is 15.2 Å². The van der Waals surface area contributed by atoms with Crippen LogP contribution < -0.4 is 10.1 Å². The SMILES string of the molecule is Oc1ccc2c(c1)O[C@@H](CNCc1ccccc1I)CC2. The molecule has 110 valence electrons. The molecule has 0 aromatic heterocycles. The van der Waals surface area contributed by atoms with Crippen molar-refractivity contribution in [2.24, 2.45) is 0 Å². The molecule has 3 rings (SSSR count). The molecule has 0 saturated carbocycles. The summed E-state index contributed by atoms with van der Waals surface area (Å²) in [5.74, 6) is 1.09. The van der Waals surface area contributed by atoms with E-state index in [1.165, 1.54) is 14.7 Å². The van der Waals surface area contributed by atoms with Crippen molar-refractivity contribution in [1.82, 2.24) is 5.32 Å². The summed E-state index contributed by atoms with van der Waals surface area (Å²) in [6, 6.07) is 13.8. The molecule has 2 N–H and O–H groups in total. The van der Waals surface area contributed by atoms with Gasteiger partial charge in [-0.3, -0.25) is 0 Å². The average Bonchev–Trinajstić information content (AvgIpc) is 2.49. The number of hydrogen-bond acceptors (Lipinski definition) is 3. The molecule has 1 heterocycles. The summed E-state index contributed by atoms with van der Waals surface area (Å²) in [7, 11) is 0. The fourth-order valence-electron chi connectivity index (χ4n) is 2.57. The lowest BCUT2D eigenvalue weighted by molar-refractivity contribution is 0.169. The summed E-state index contributed by atoms with van der Waals surface area (Å²) >= 11 is 2.36. The van der Waals surface area contributed by atoms with Crippen LogP contribution in [0.4, 0.5) is 0 Å². The fourth-order valence-corrected chi connectivity index (χ4v) is 3.15. The minimum atomic E-state index is 0.167. The van der Waals surface area contributed by atoms with Gasteiger partial charge in [-0.1, -0.05) is 24.3 Å². The maximum atomic E-state index is 9.53. The van der Waals surface area contributed by atoms with E-state index in [2.05, 4.69) is 52.2 Å². The molecule has 0 radical (unpaired) electrons. The second kappa shape index (κ2) is 6.66. The Morgan fingerprint density at radius 1 is 1.24 bits per heavy atom. The first-order valence-corrected chi connectivity index (χ1v) is 8.23. The van der Waals surface area contributed by atoms with Crippen molar-refractivity contribution in [1.29, 1.82) is 0 Å². The molecular formula is C17H18INO2. The topological polar surface area (TPSA) is 41.5 Å². The minimum Gasteiger partial charge on any atom is -0.508 e. The predicted octanol–water partition coefficient (Wildman–Crippen LogP) is 3.48. The van der Waals surface area contributed by atoms with Crippen LogP contribution in [0.3, 0.4) is 0 Å². The Morgan fingerprint density at radius 3 is 2.95 bits per heavy atom. The van der Waals surface area contributed by atoms with Gasteiger partial charge in [-0.15, -0.1) is 0 Å². The largest absolute Gasteiger partial charge is 0.508 e. The van der Waals surface area contributed by atoms with E-state index in [-0.39, 0.29) is 11.9 Å². The van der Waals surface area contributed by atoms with E-state index in [4.69, 9.17) is 4.74 Å². The Balaban J connectivity index is 1.54. The normalized spacial score (nSPS) is 17.1. The quantitative estimate of drug-likeness (QED) is 0.780.